The molecule has 0 radical (unpaired) electrons. The van der Waals surface area contributed by atoms with Crippen molar-refractivity contribution >= 4 is 5.82 Å². The van der Waals surface area contributed by atoms with Crippen molar-refractivity contribution in [1.29, 1.82) is 5.26 Å². The molecule has 0 spiro atoms. The summed E-state index contributed by atoms with van der Waals surface area (Å²) in [6, 6.07) is 11.6. The van der Waals surface area contributed by atoms with Crippen LogP contribution in [-0.2, 0) is 0 Å². The summed E-state index contributed by atoms with van der Waals surface area (Å²) >= 11 is 0. The minimum Gasteiger partial charge on any atom is -0.353 e. The fourth-order valence-electron chi connectivity index (χ4n) is 2.21. The van der Waals surface area contributed by atoms with Crippen molar-refractivity contribution in [2.24, 2.45) is 0 Å². The summed E-state index contributed by atoms with van der Waals surface area (Å²) in [6.45, 7) is 7.99. The number of hydrogen-bond donors (Lipinski definition) is 1. The van der Waals surface area contributed by atoms with E-state index < -0.39 is 0 Å². The Bertz CT molecular complexity index is 588. The molecule has 2 heterocycles. The molecule has 5 nitrogen and oxygen atoms in total. The van der Waals surface area contributed by atoms with Crippen LogP contribution in [0.25, 0.3) is 5.69 Å². The van der Waals surface area contributed by atoms with Gasteiger partial charge < -0.3 is 10.2 Å². The average Bonchev–Trinajstić information content (AvgIpc) is 3.08. The van der Waals surface area contributed by atoms with Crippen LogP contribution >= 0.6 is 0 Å². The van der Waals surface area contributed by atoms with E-state index in [1.165, 1.54) is 0 Å². The van der Waals surface area contributed by atoms with Crippen LogP contribution in [0.5, 0.6) is 0 Å². The largest absolute Gasteiger partial charge is 0.353 e. The van der Waals surface area contributed by atoms with Crippen LogP contribution in [0.1, 0.15) is 19.4 Å². The molecule has 0 unspecified atom stereocenters. The standard InChI is InChI=1S/C14H15N5.C2H6/c15-11-12-1-3-13(4-2-12)19-8-5-14(17-19)18-9-6-16-7-10-18;1-2/h1-5,8,16H,6-7,9-10H2;1-2H3. The van der Waals surface area contributed by atoms with Crippen molar-refractivity contribution in [3.8, 4) is 11.8 Å². The fourth-order valence-corrected chi connectivity index (χ4v) is 2.21. The first-order valence-electron chi connectivity index (χ1n) is 7.39. The average molecular weight is 283 g/mol. The molecule has 1 aliphatic rings. The Morgan fingerprint density at radius 1 is 1.10 bits per heavy atom. The first-order valence-corrected chi connectivity index (χ1v) is 7.39. The quantitative estimate of drug-likeness (QED) is 0.918. The van der Waals surface area contributed by atoms with Gasteiger partial charge in [-0.15, -0.1) is 0 Å². The summed E-state index contributed by atoms with van der Waals surface area (Å²) in [5.41, 5.74) is 1.64. The van der Waals surface area contributed by atoms with Crippen molar-refractivity contribution in [3.63, 3.8) is 0 Å². The highest BCUT2D eigenvalue weighted by atomic mass is 15.4. The zero-order valence-electron chi connectivity index (χ0n) is 12.6. The van der Waals surface area contributed by atoms with Crippen LogP contribution in [0.3, 0.4) is 0 Å². The second kappa shape index (κ2) is 7.46. The minimum absolute atomic E-state index is 0.665. The number of aromatic nitrogens is 2. The number of benzene rings is 1. The van der Waals surface area contributed by atoms with Crippen LogP contribution in [0.15, 0.2) is 36.5 Å². The molecule has 2 aromatic rings. The molecular weight excluding hydrogens is 262 g/mol. The monoisotopic (exact) mass is 283 g/mol. The van der Waals surface area contributed by atoms with Crippen LogP contribution in [-0.4, -0.2) is 36.0 Å². The third kappa shape index (κ3) is 3.61. The van der Waals surface area contributed by atoms with Gasteiger partial charge in [0.15, 0.2) is 5.82 Å². The van der Waals surface area contributed by atoms with Crippen molar-refractivity contribution in [2.45, 2.75) is 13.8 Å². The molecule has 0 aliphatic carbocycles. The molecule has 1 saturated heterocycles. The van der Waals surface area contributed by atoms with E-state index >= 15 is 0 Å². The smallest absolute Gasteiger partial charge is 0.151 e. The molecule has 0 amide bonds. The maximum absolute atomic E-state index is 8.79. The van der Waals surface area contributed by atoms with E-state index in [2.05, 4.69) is 21.4 Å². The molecule has 1 aromatic heterocycles. The predicted octanol–water partition coefficient (Wildman–Crippen LogP) is 2.18. The Labute approximate surface area is 125 Å². The zero-order chi connectivity index (χ0) is 15.1. The second-order valence-corrected chi connectivity index (χ2v) is 4.51. The van der Waals surface area contributed by atoms with E-state index in [4.69, 9.17) is 5.26 Å². The molecule has 1 N–H and O–H groups in total. The van der Waals surface area contributed by atoms with Gasteiger partial charge in [-0.2, -0.15) is 10.4 Å². The van der Waals surface area contributed by atoms with E-state index in [0.29, 0.717) is 5.56 Å². The summed E-state index contributed by atoms with van der Waals surface area (Å²) < 4.78 is 1.85. The number of rotatable bonds is 2. The number of nitrogens with zero attached hydrogens (tertiary/aromatic N) is 4. The summed E-state index contributed by atoms with van der Waals surface area (Å²) in [4.78, 5) is 2.27. The summed E-state index contributed by atoms with van der Waals surface area (Å²) in [5, 5.41) is 16.7. The SMILES string of the molecule is CC.N#Cc1ccc(-n2ccc(N3CCNCC3)n2)cc1. The van der Waals surface area contributed by atoms with Gasteiger partial charge in [0.25, 0.3) is 0 Å². The van der Waals surface area contributed by atoms with Gasteiger partial charge in [0.1, 0.15) is 0 Å². The number of piperazine rings is 1. The zero-order valence-corrected chi connectivity index (χ0v) is 12.6. The summed E-state index contributed by atoms with van der Waals surface area (Å²) in [7, 11) is 0. The Balaban J connectivity index is 0.000000774. The first-order chi connectivity index (χ1) is 10.4. The van der Waals surface area contributed by atoms with Crippen molar-refractivity contribution < 1.29 is 0 Å². The Morgan fingerprint density at radius 2 is 1.76 bits per heavy atom. The predicted molar refractivity (Wildman–Crippen MR) is 84.7 cm³/mol. The van der Waals surface area contributed by atoms with Crippen LogP contribution in [0.2, 0.25) is 0 Å². The van der Waals surface area contributed by atoms with Gasteiger partial charge in [-0.05, 0) is 24.3 Å². The van der Waals surface area contributed by atoms with Crippen LogP contribution < -0.4 is 10.2 Å². The number of nitrogens with one attached hydrogen (secondary N) is 1. The van der Waals surface area contributed by atoms with Crippen molar-refractivity contribution in [3.05, 3.63) is 42.1 Å². The number of hydrogen-bond acceptors (Lipinski definition) is 4. The minimum atomic E-state index is 0.665. The van der Waals surface area contributed by atoms with E-state index in [9.17, 15) is 0 Å². The molecule has 1 aromatic carbocycles. The number of anilines is 1. The third-order valence-electron chi connectivity index (χ3n) is 3.28. The lowest BCUT2D eigenvalue weighted by molar-refractivity contribution is 0.583. The van der Waals surface area contributed by atoms with Crippen molar-refractivity contribution in [2.75, 3.05) is 31.1 Å². The summed E-state index contributed by atoms with van der Waals surface area (Å²) in [5.74, 6) is 1.01. The highest BCUT2D eigenvalue weighted by Gasteiger charge is 2.12. The second-order valence-electron chi connectivity index (χ2n) is 4.51. The summed E-state index contributed by atoms with van der Waals surface area (Å²) in [6.07, 6.45) is 1.96. The van der Waals surface area contributed by atoms with Gasteiger partial charge in [-0.25, -0.2) is 4.68 Å². The molecule has 5 heteroatoms. The maximum atomic E-state index is 8.79. The molecule has 1 fully saturated rings. The lowest BCUT2D eigenvalue weighted by atomic mass is 10.2. The first kappa shape index (κ1) is 15.1. The van der Waals surface area contributed by atoms with E-state index in [1.54, 1.807) is 0 Å². The lowest BCUT2D eigenvalue weighted by Gasteiger charge is -2.27. The van der Waals surface area contributed by atoms with Gasteiger partial charge >= 0.3 is 0 Å². The van der Waals surface area contributed by atoms with Gasteiger partial charge in [0, 0.05) is 38.4 Å². The highest BCUT2D eigenvalue weighted by Crippen LogP contribution is 2.15. The molecule has 110 valence electrons. The van der Waals surface area contributed by atoms with E-state index in [0.717, 1.165) is 37.7 Å². The molecule has 1 aliphatic heterocycles. The highest BCUT2D eigenvalue weighted by molar-refractivity contribution is 5.43. The maximum Gasteiger partial charge on any atom is 0.151 e. The van der Waals surface area contributed by atoms with E-state index in [1.807, 2.05) is 55.1 Å². The molecule has 0 bridgehead atoms. The van der Waals surface area contributed by atoms with Crippen LogP contribution in [0, 0.1) is 11.3 Å². The Morgan fingerprint density at radius 3 is 2.38 bits per heavy atom. The lowest BCUT2D eigenvalue weighted by Crippen LogP contribution is -2.43. The Kier molecular flexibility index (Phi) is 5.35. The van der Waals surface area contributed by atoms with Crippen LogP contribution in [0.4, 0.5) is 5.82 Å². The van der Waals surface area contributed by atoms with Gasteiger partial charge in [-0.1, -0.05) is 13.8 Å². The topological polar surface area (TPSA) is 56.9 Å². The van der Waals surface area contributed by atoms with E-state index in [-0.39, 0.29) is 0 Å². The third-order valence-corrected chi connectivity index (χ3v) is 3.28. The molecule has 3 rings (SSSR count). The van der Waals surface area contributed by atoms with Gasteiger partial charge in [-0.3, -0.25) is 0 Å². The fraction of sp³-hybridized carbons (Fsp3) is 0.375. The molecule has 21 heavy (non-hydrogen) atoms. The Hall–Kier alpha value is -2.32. The molecule has 0 atom stereocenters. The molecule has 0 saturated carbocycles. The number of nitriles is 1. The molecular formula is C16H21N5. The van der Waals surface area contributed by atoms with Crippen molar-refractivity contribution in [1.82, 2.24) is 15.1 Å². The van der Waals surface area contributed by atoms with Gasteiger partial charge in [0.05, 0.1) is 17.3 Å². The normalized spacial score (nSPS) is 14.0. The van der Waals surface area contributed by atoms with Gasteiger partial charge in [0.2, 0.25) is 0 Å².